The van der Waals surface area contributed by atoms with Crippen molar-refractivity contribution in [2.75, 3.05) is 33.5 Å². The summed E-state index contributed by atoms with van der Waals surface area (Å²) >= 11 is 3.59. The Hall–Kier alpha value is -0.620. The third-order valence-electron chi connectivity index (χ3n) is 3.31. The van der Waals surface area contributed by atoms with Crippen LogP contribution in [-0.2, 0) is 16.0 Å². The third kappa shape index (κ3) is 6.78. The topological polar surface area (TPSA) is 39.7 Å². The molecule has 1 aliphatic rings. The van der Waals surface area contributed by atoms with Gasteiger partial charge >= 0.3 is 0 Å². The van der Waals surface area contributed by atoms with Crippen molar-refractivity contribution in [3.05, 3.63) is 28.2 Å². The van der Waals surface area contributed by atoms with Crippen molar-refractivity contribution in [3.8, 4) is 5.75 Å². The number of benzene rings is 1. The Balaban J connectivity index is 1.66. The average Bonchev–Trinajstić information content (AvgIpc) is 3.31. The highest BCUT2D eigenvalue weighted by atomic mass is 79.9. The van der Waals surface area contributed by atoms with Crippen molar-refractivity contribution in [1.29, 1.82) is 0 Å². The van der Waals surface area contributed by atoms with Crippen LogP contribution in [0, 0.1) is 0 Å². The van der Waals surface area contributed by atoms with Gasteiger partial charge in [0.25, 0.3) is 0 Å². The first-order valence-corrected chi connectivity index (χ1v) is 8.30. The molecule has 5 heteroatoms. The largest absolute Gasteiger partial charge is 0.493 e. The smallest absolute Gasteiger partial charge is 0.119 e. The lowest BCUT2D eigenvalue weighted by Gasteiger charge is -2.10. The maximum absolute atomic E-state index is 5.77. The summed E-state index contributed by atoms with van der Waals surface area (Å²) in [5.41, 5.74) is 1.25. The van der Waals surface area contributed by atoms with E-state index in [1.165, 1.54) is 18.4 Å². The molecule has 0 atom stereocenters. The van der Waals surface area contributed by atoms with Crippen LogP contribution < -0.4 is 10.1 Å². The molecular formula is C16H24BrNO3. The van der Waals surface area contributed by atoms with E-state index in [-0.39, 0.29) is 0 Å². The molecule has 0 bridgehead atoms. The minimum Gasteiger partial charge on any atom is -0.493 e. The second-order valence-corrected chi connectivity index (χ2v) is 6.07. The van der Waals surface area contributed by atoms with E-state index < -0.39 is 0 Å². The minimum absolute atomic E-state index is 0.644. The van der Waals surface area contributed by atoms with Gasteiger partial charge in [-0.05, 0) is 36.6 Å². The van der Waals surface area contributed by atoms with Crippen LogP contribution in [0.1, 0.15) is 24.8 Å². The van der Waals surface area contributed by atoms with E-state index in [2.05, 4.69) is 27.3 Å². The van der Waals surface area contributed by atoms with Crippen molar-refractivity contribution >= 4 is 15.9 Å². The lowest BCUT2D eigenvalue weighted by molar-refractivity contribution is 0.0644. The van der Waals surface area contributed by atoms with Crippen LogP contribution in [0.15, 0.2) is 22.7 Å². The summed E-state index contributed by atoms with van der Waals surface area (Å²) in [6, 6.07) is 6.86. The maximum Gasteiger partial charge on any atom is 0.119 e. The normalized spacial score (nSPS) is 14.4. The molecule has 1 aromatic rings. The number of ether oxygens (including phenoxy) is 3. The zero-order valence-corrected chi connectivity index (χ0v) is 14.2. The lowest BCUT2D eigenvalue weighted by Crippen LogP contribution is -2.15. The van der Waals surface area contributed by atoms with E-state index >= 15 is 0 Å². The van der Waals surface area contributed by atoms with Crippen molar-refractivity contribution in [2.45, 2.75) is 31.8 Å². The molecule has 4 nitrogen and oxygen atoms in total. The summed E-state index contributed by atoms with van der Waals surface area (Å²) in [6.45, 7) is 3.55. The maximum atomic E-state index is 5.77. The van der Waals surface area contributed by atoms with Crippen LogP contribution in [0.5, 0.6) is 5.75 Å². The number of hydrogen-bond donors (Lipinski definition) is 1. The molecule has 0 spiro atoms. The summed E-state index contributed by atoms with van der Waals surface area (Å²) in [7, 11) is 1.68. The molecule has 0 amide bonds. The zero-order valence-electron chi connectivity index (χ0n) is 12.6. The fourth-order valence-electron chi connectivity index (χ4n) is 1.91. The van der Waals surface area contributed by atoms with Gasteiger partial charge in [0, 0.05) is 37.2 Å². The molecule has 1 saturated carbocycles. The van der Waals surface area contributed by atoms with Gasteiger partial charge in [-0.1, -0.05) is 15.9 Å². The van der Waals surface area contributed by atoms with E-state index in [0.29, 0.717) is 32.5 Å². The van der Waals surface area contributed by atoms with Crippen LogP contribution in [0.3, 0.4) is 0 Å². The monoisotopic (exact) mass is 357 g/mol. The number of halogens is 1. The quantitative estimate of drug-likeness (QED) is 0.617. The Morgan fingerprint density at radius 2 is 2.05 bits per heavy atom. The van der Waals surface area contributed by atoms with Gasteiger partial charge in [-0.15, -0.1) is 0 Å². The molecule has 1 N–H and O–H groups in total. The van der Waals surface area contributed by atoms with Crippen LogP contribution in [0.2, 0.25) is 0 Å². The molecule has 118 valence electrons. The van der Waals surface area contributed by atoms with Crippen LogP contribution in [0.25, 0.3) is 0 Å². The molecule has 0 radical (unpaired) electrons. The highest BCUT2D eigenvalue weighted by molar-refractivity contribution is 9.10. The van der Waals surface area contributed by atoms with Gasteiger partial charge in [-0.25, -0.2) is 0 Å². The first kappa shape index (κ1) is 16.7. The second-order valence-electron chi connectivity index (χ2n) is 5.22. The molecule has 0 aromatic heterocycles. The average molecular weight is 358 g/mol. The number of nitrogens with one attached hydrogen (secondary N) is 1. The van der Waals surface area contributed by atoms with Gasteiger partial charge in [-0.3, -0.25) is 0 Å². The summed E-state index contributed by atoms with van der Waals surface area (Å²) in [4.78, 5) is 0. The van der Waals surface area contributed by atoms with Gasteiger partial charge in [0.15, 0.2) is 0 Å². The van der Waals surface area contributed by atoms with E-state index in [0.717, 1.165) is 23.2 Å². The molecule has 0 heterocycles. The van der Waals surface area contributed by atoms with Crippen molar-refractivity contribution < 1.29 is 14.2 Å². The number of rotatable bonds is 11. The van der Waals surface area contributed by atoms with Crippen molar-refractivity contribution in [1.82, 2.24) is 5.32 Å². The third-order valence-corrected chi connectivity index (χ3v) is 4.08. The number of hydrogen-bond acceptors (Lipinski definition) is 4. The minimum atomic E-state index is 0.644. The van der Waals surface area contributed by atoms with E-state index in [4.69, 9.17) is 14.2 Å². The fourth-order valence-corrected chi connectivity index (χ4v) is 2.30. The molecule has 21 heavy (non-hydrogen) atoms. The molecule has 1 aliphatic carbocycles. The van der Waals surface area contributed by atoms with Crippen molar-refractivity contribution in [3.63, 3.8) is 0 Å². The molecule has 0 unspecified atom stereocenters. The number of methoxy groups -OCH3 is 1. The zero-order chi connectivity index (χ0) is 14.9. The molecule has 0 aliphatic heterocycles. The van der Waals surface area contributed by atoms with E-state index in [1.807, 2.05) is 12.1 Å². The second kappa shape index (κ2) is 9.41. The first-order chi connectivity index (χ1) is 10.3. The highest BCUT2D eigenvalue weighted by Crippen LogP contribution is 2.25. The SMILES string of the molecule is COCCOCCCOc1ccc(Br)c(CNC2CC2)c1. The molecule has 1 fully saturated rings. The molecule has 2 rings (SSSR count). The summed E-state index contributed by atoms with van der Waals surface area (Å²) < 4.78 is 17.2. The van der Waals surface area contributed by atoms with Crippen molar-refractivity contribution in [2.24, 2.45) is 0 Å². The van der Waals surface area contributed by atoms with Gasteiger partial charge in [0.05, 0.1) is 19.8 Å². The fraction of sp³-hybridized carbons (Fsp3) is 0.625. The Labute approximate surface area is 135 Å². The summed E-state index contributed by atoms with van der Waals surface area (Å²) in [6.07, 6.45) is 3.49. The van der Waals surface area contributed by atoms with Crippen LogP contribution in [-0.4, -0.2) is 39.6 Å². The van der Waals surface area contributed by atoms with Gasteiger partial charge in [-0.2, -0.15) is 0 Å². The Morgan fingerprint density at radius 1 is 1.19 bits per heavy atom. The first-order valence-electron chi connectivity index (χ1n) is 7.51. The Kier molecular flexibility index (Phi) is 7.50. The van der Waals surface area contributed by atoms with Gasteiger partial charge in [0.2, 0.25) is 0 Å². The van der Waals surface area contributed by atoms with E-state index in [1.54, 1.807) is 7.11 Å². The lowest BCUT2D eigenvalue weighted by atomic mass is 10.2. The Bertz CT molecular complexity index is 424. The molecule has 0 saturated heterocycles. The predicted molar refractivity (Wildman–Crippen MR) is 86.8 cm³/mol. The molecular weight excluding hydrogens is 334 g/mol. The summed E-state index contributed by atoms with van der Waals surface area (Å²) in [5.74, 6) is 0.919. The molecule has 1 aromatic carbocycles. The van der Waals surface area contributed by atoms with E-state index in [9.17, 15) is 0 Å². The van der Waals surface area contributed by atoms with Crippen LogP contribution >= 0.6 is 15.9 Å². The van der Waals surface area contributed by atoms with Crippen LogP contribution in [0.4, 0.5) is 0 Å². The highest BCUT2D eigenvalue weighted by Gasteiger charge is 2.20. The standard InChI is InChI=1S/C16H24BrNO3/c1-19-9-10-20-7-2-8-21-15-5-6-16(17)13(11-15)12-18-14-3-4-14/h5-6,11,14,18H,2-4,7-10,12H2,1H3. The van der Waals surface area contributed by atoms with Gasteiger partial charge < -0.3 is 19.5 Å². The van der Waals surface area contributed by atoms with Gasteiger partial charge in [0.1, 0.15) is 5.75 Å². The summed E-state index contributed by atoms with van der Waals surface area (Å²) in [5, 5.41) is 3.52. The predicted octanol–water partition coefficient (Wildman–Crippen LogP) is 3.13. The Morgan fingerprint density at radius 3 is 2.81 bits per heavy atom.